The van der Waals surface area contributed by atoms with E-state index in [1.165, 1.54) is 25.3 Å². The fourth-order valence-electron chi connectivity index (χ4n) is 1.59. The molecule has 0 aliphatic heterocycles. The van der Waals surface area contributed by atoms with Crippen molar-refractivity contribution in [2.75, 3.05) is 12.8 Å². The normalized spacial score (nSPS) is 9.90. The summed E-state index contributed by atoms with van der Waals surface area (Å²) >= 11 is 0. The minimum Gasteiger partial charge on any atom is -0.497 e. The summed E-state index contributed by atoms with van der Waals surface area (Å²) in [7, 11) is 1.43. The quantitative estimate of drug-likeness (QED) is 0.874. The SMILES string of the molecule is COc1cc(C#N)cc(Oc2cc(F)cc(F)c2N)c1. The van der Waals surface area contributed by atoms with Gasteiger partial charge in [0.05, 0.1) is 18.7 Å². The van der Waals surface area contributed by atoms with E-state index in [4.69, 9.17) is 20.5 Å². The van der Waals surface area contributed by atoms with Crippen LogP contribution in [0.15, 0.2) is 30.3 Å². The molecule has 0 radical (unpaired) electrons. The fourth-order valence-corrected chi connectivity index (χ4v) is 1.59. The molecule has 2 aromatic rings. The summed E-state index contributed by atoms with van der Waals surface area (Å²) in [6, 6.07) is 7.93. The van der Waals surface area contributed by atoms with Gasteiger partial charge in [-0.3, -0.25) is 0 Å². The smallest absolute Gasteiger partial charge is 0.156 e. The van der Waals surface area contributed by atoms with Crippen LogP contribution in [-0.2, 0) is 0 Å². The van der Waals surface area contributed by atoms with Crippen molar-refractivity contribution in [2.45, 2.75) is 0 Å². The van der Waals surface area contributed by atoms with Crippen molar-refractivity contribution in [3.8, 4) is 23.3 Å². The standard InChI is InChI=1S/C14H10F2N2O2/c1-19-10-2-8(7-17)3-11(6-10)20-13-5-9(15)4-12(16)14(13)18/h2-6H,18H2,1H3. The molecule has 2 rings (SSSR count). The molecule has 0 bridgehead atoms. The van der Waals surface area contributed by atoms with Crippen LogP contribution in [0.2, 0.25) is 0 Å². The van der Waals surface area contributed by atoms with Gasteiger partial charge in [-0.15, -0.1) is 0 Å². The van der Waals surface area contributed by atoms with Gasteiger partial charge in [0.25, 0.3) is 0 Å². The van der Waals surface area contributed by atoms with Gasteiger partial charge in [0.1, 0.15) is 23.0 Å². The van der Waals surface area contributed by atoms with Gasteiger partial charge in [-0.25, -0.2) is 8.78 Å². The van der Waals surface area contributed by atoms with Gasteiger partial charge in [0, 0.05) is 18.2 Å². The third kappa shape index (κ3) is 2.78. The summed E-state index contributed by atoms with van der Waals surface area (Å²) in [5, 5.41) is 8.89. The first kappa shape index (κ1) is 13.6. The Morgan fingerprint density at radius 3 is 2.45 bits per heavy atom. The number of methoxy groups -OCH3 is 1. The van der Waals surface area contributed by atoms with Gasteiger partial charge in [0.15, 0.2) is 11.6 Å². The highest BCUT2D eigenvalue weighted by molar-refractivity contribution is 5.56. The highest BCUT2D eigenvalue weighted by atomic mass is 19.1. The molecular weight excluding hydrogens is 266 g/mol. The number of ether oxygens (including phenoxy) is 2. The Balaban J connectivity index is 2.42. The van der Waals surface area contributed by atoms with Crippen molar-refractivity contribution in [1.82, 2.24) is 0 Å². The van der Waals surface area contributed by atoms with E-state index in [1.54, 1.807) is 0 Å². The van der Waals surface area contributed by atoms with Crippen molar-refractivity contribution in [3.05, 3.63) is 47.5 Å². The molecule has 0 unspecified atom stereocenters. The van der Waals surface area contributed by atoms with Crippen molar-refractivity contribution in [3.63, 3.8) is 0 Å². The summed E-state index contributed by atoms with van der Waals surface area (Å²) in [6.45, 7) is 0. The van der Waals surface area contributed by atoms with Crippen LogP contribution in [0.25, 0.3) is 0 Å². The molecule has 0 heterocycles. The van der Waals surface area contributed by atoms with E-state index in [2.05, 4.69) is 0 Å². The largest absolute Gasteiger partial charge is 0.497 e. The Hall–Kier alpha value is -2.81. The van der Waals surface area contributed by atoms with Crippen LogP contribution in [0.5, 0.6) is 17.2 Å². The van der Waals surface area contributed by atoms with Crippen LogP contribution in [-0.4, -0.2) is 7.11 Å². The third-order valence-corrected chi connectivity index (χ3v) is 2.53. The minimum atomic E-state index is -0.914. The second-order valence-electron chi connectivity index (χ2n) is 3.91. The predicted molar refractivity (Wildman–Crippen MR) is 68.6 cm³/mol. The number of nitrogen functional groups attached to an aromatic ring is 1. The number of benzene rings is 2. The van der Waals surface area contributed by atoms with Gasteiger partial charge in [-0.2, -0.15) is 5.26 Å². The molecule has 0 aromatic heterocycles. The molecule has 0 aliphatic rings. The highest BCUT2D eigenvalue weighted by Gasteiger charge is 2.11. The number of hydrogen-bond donors (Lipinski definition) is 1. The molecule has 20 heavy (non-hydrogen) atoms. The van der Waals surface area contributed by atoms with E-state index >= 15 is 0 Å². The van der Waals surface area contributed by atoms with Gasteiger partial charge in [0.2, 0.25) is 0 Å². The lowest BCUT2D eigenvalue weighted by atomic mass is 10.2. The van der Waals surface area contributed by atoms with E-state index in [0.717, 1.165) is 6.07 Å². The van der Waals surface area contributed by atoms with Gasteiger partial charge in [-0.1, -0.05) is 0 Å². The van der Waals surface area contributed by atoms with E-state index in [-0.39, 0.29) is 22.7 Å². The summed E-state index contributed by atoms with van der Waals surface area (Å²) in [5.41, 5.74) is 5.45. The number of nitrogens with two attached hydrogens (primary N) is 1. The zero-order chi connectivity index (χ0) is 14.7. The Labute approximate surface area is 114 Å². The Morgan fingerprint density at radius 2 is 1.80 bits per heavy atom. The predicted octanol–water partition coefficient (Wildman–Crippen LogP) is 3.22. The van der Waals surface area contributed by atoms with Crippen LogP contribution < -0.4 is 15.2 Å². The topological polar surface area (TPSA) is 68.3 Å². The zero-order valence-electron chi connectivity index (χ0n) is 10.5. The number of hydrogen-bond acceptors (Lipinski definition) is 4. The summed E-state index contributed by atoms with van der Waals surface area (Å²) in [6.07, 6.45) is 0. The maximum absolute atomic E-state index is 13.3. The molecule has 6 heteroatoms. The molecule has 0 spiro atoms. The Kier molecular flexibility index (Phi) is 3.71. The fraction of sp³-hybridized carbons (Fsp3) is 0.0714. The van der Waals surface area contributed by atoms with Crippen LogP contribution in [0.1, 0.15) is 5.56 Å². The molecule has 2 N–H and O–H groups in total. The van der Waals surface area contributed by atoms with Crippen LogP contribution in [0.4, 0.5) is 14.5 Å². The second-order valence-corrected chi connectivity index (χ2v) is 3.91. The molecule has 0 saturated heterocycles. The monoisotopic (exact) mass is 276 g/mol. The van der Waals surface area contributed by atoms with Gasteiger partial charge >= 0.3 is 0 Å². The number of nitriles is 1. The summed E-state index contributed by atoms with van der Waals surface area (Å²) in [5.74, 6) is -1.31. The third-order valence-electron chi connectivity index (χ3n) is 2.53. The van der Waals surface area contributed by atoms with Crippen LogP contribution in [0.3, 0.4) is 0 Å². The van der Waals surface area contributed by atoms with Gasteiger partial charge < -0.3 is 15.2 Å². The average Bonchev–Trinajstić information content (AvgIpc) is 2.43. The van der Waals surface area contributed by atoms with E-state index in [0.29, 0.717) is 11.8 Å². The first-order chi connectivity index (χ1) is 9.53. The first-order valence-electron chi connectivity index (χ1n) is 5.55. The Morgan fingerprint density at radius 1 is 1.10 bits per heavy atom. The first-order valence-corrected chi connectivity index (χ1v) is 5.55. The number of anilines is 1. The molecule has 0 saturated carbocycles. The number of rotatable bonds is 3. The Bertz CT molecular complexity index is 696. The van der Waals surface area contributed by atoms with E-state index in [1.807, 2.05) is 6.07 Å². The van der Waals surface area contributed by atoms with Gasteiger partial charge in [-0.05, 0) is 12.1 Å². The lowest BCUT2D eigenvalue weighted by Gasteiger charge is -2.10. The molecule has 2 aromatic carbocycles. The van der Waals surface area contributed by atoms with Crippen LogP contribution in [0, 0.1) is 23.0 Å². The lowest BCUT2D eigenvalue weighted by Crippen LogP contribution is -1.97. The van der Waals surface area contributed by atoms with E-state index in [9.17, 15) is 8.78 Å². The minimum absolute atomic E-state index is 0.167. The molecule has 0 fully saturated rings. The maximum atomic E-state index is 13.3. The zero-order valence-corrected chi connectivity index (χ0v) is 10.5. The molecule has 0 aliphatic carbocycles. The number of halogens is 2. The van der Waals surface area contributed by atoms with Crippen molar-refractivity contribution >= 4 is 5.69 Å². The molecule has 4 nitrogen and oxygen atoms in total. The molecule has 0 atom stereocenters. The lowest BCUT2D eigenvalue weighted by molar-refractivity contribution is 0.408. The van der Waals surface area contributed by atoms with Crippen molar-refractivity contribution < 1.29 is 18.3 Å². The molecule has 102 valence electrons. The van der Waals surface area contributed by atoms with Crippen LogP contribution >= 0.6 is 0 Å². The molecule has 0 amide bonds. The average molecular weight is 276 g/mol. The van der Waals surface area contributed by atoms with Crippen molar-refractivity contribution in [1.29, 1.82) is 5.26 Å². The maximum Gasteiger partial charge on any atom is 0.156 e. The highest BCUT2D eigenvalue weighted by Crippen LogP contribution is 2.32. The summed E-state index contributed by atoms with van der Waals surface area (Å²) in [4.78, 5) is 0. The van der Waals surface area contributed by atoms with Crippen molar-refractivity contribution in [2.24, 2.45) is 0 Å². The number of nitrogens with zero attached hydrogens (tertiary/aromatic N) is 1. The molecular formula is C14H10F2N2O2. The summed E-state index contributed by atoms with van der Waals surface area (Å²) < 4.78 is 36.8. The van der Waals surface area contributed by atoms with E-state index < -0.39 is 11.6 Å². The second kappa shape index (κ2) is 5.45.